The maximum Gasteiger partial charge on any atom is 0.248 e. The molecule has 96 valence electrons. The highest BCUT2D eigenvalue weighted by molar-refractivity contribution is 5.51. The van der Waals surface area contributed by atoms with E-state index in [0.717, 1.165) is 11.1 Å². The van der Waals surface area contributed by atoms with Crippen molar-refractivity contribution >= 4 is 0 Å². The molecule has 0 aliphatic carbocycles. The van der Waals surface area contributed by atoms with Crippen molar-refractivity contribution in [3.8, 4) is 11.4 Å². The van der Waals surface area contributed by atoms with Crippen LogP contribution in [-0.4, -0.2) is 19.9 Å². The van der Waals surface area contributed by atoms with Gasteiger partial charge in [-0.2, -0.15) is 10.1 Å². The Hall–Kier alpha value is -2.47. The summed E-state index contributed by atoms with van der Waals surface area (Å²) in [5, 5.41) is 8.00. The number of nitrogens with two attached hydrogens (primary N) is 1. The Kier molecular flexibility index (Phi) is 2.85. The van der Waals surface area contributed by atoms with Crippen LogP contribution in [0.1, 0.15) is 17.5 Å². The van der Waals surface area contributed by atoms with Crippen LogP contribution in [0.4, 0.5) is 0 Å². The summed E-state index contributed by atoms with van der Waals surface area (Å²) < 4.78 is 6.90. The average molecular weight is 255 g/mol. The minimum atomic E-state index is -0.417. The molecule has 3 aromatic rings. The molecule has 0 radical (unpaired) electrons. The molecule has 1 atom stereocenters. The van der Waals surface area contributed by atoms with Crippen molar-refractivity contribution in [2.45, 2.75) is 6.04 Å². The maximum absolute atomic E-state index is 6.10. The first-order chi connectivity index (χ1) is 9.24. The third-order valence-electron chi connectivity index (χ3n) is 2.83. The fourth-order valence-electron chi connectivity index (χ4n) is 1.82. The zero-order valence-corrected chi connectivity index (χ0v) is 10.4. The van der Waals surface area contributed by atoms with Gasteiger partial charge >= 0.3 is 0 Å². The molecular formula is C13H13N5O. The Balaban J connectivity index is 1.89. The Bertz CT molecular complexity index is 673. The molecule has 0 aliphatic heterocycles. The zero-order chi connectivity index (χ0) is 13.2. The molecule has 0 aliphatic rings. The Morgan fingerprint density at radius 2 is 2.05 bits per heavy atom. The van der Waals surface area contributed by atoms with Gasteiger partial charge in [0.25, 0.3) is 0 Å². The summed E-state index contributed by atoms with van der Waals surface area (Å²) in [6.45, 7) is 0. The van der Waals surface area contributed by atoms with Crippen LogP contribution in [0.15, 0.2) is 47.2 Å². The SMILES string of the molecule is Cn1cc(-c2noc([C@H](N)c3ccccc3)n2)cn1. The summed E-state index contributed by atoms with van der Waals surface area (Å²) in [6, 6.07) is 9.22. The second-order valence-electron chi connectivity index (χ2n) is 4.25. The largest absolute Gasteiger partial charge is 0.337 e. The lowest BCUT2D eigenvalue weighted by Crippen LogP contribution is -2.11. The normalized spacial score (nSPS) is 12.5. The van der Waals surface area contributed by atoms with Gasteiger partial charge in [-0.1, -0.05) is 35.5 Å². The monoisotopic (exact) mass is 255 g/mol. The summed E-state index contributed by atoms with van der Waals surface area (Å²) in [6.07, 6.45) is 3.51. The number of aromatic nitrogens is 4. The highest BCUT2D eigenvalue weighted by atomic mass is 16.5. The molecule has 1 aromatic carbocycles. The predicted octanol–water partition coefficient (Wildman–Crippen LogP) is 1.52. The van der Waals surface area contributed by atoms with Gasteiger partial charge in [-0.15, -0.1) is 0 Å². The molecule has 0 unspecified atom stereocenters. The van der Waals surface area contributed by atoms with Crippen molar-refractivity contribution in [2.24, 2.45) is 12.8 Å². The number of hydrogen-bond donors (Lipinski definition) is 1. The lowest BCUT2D eigenvalue weighted by atomic mass is 10.1. The van der Waals surface area contributed by atoms with E-state index in [1.165, 1.54) is 0 Å². The van der Waals surface area contributed by atoms with Crippen LogP contribution >= 0.6 is 0 Å². The van der Waals surface area contributed by atoms with Crippen LogP contribution in [0, 0.1) is 0 Å². The number of aryl methyl sites for hydroxylation is 1. The quantitative estimate of drug-likeness (QED) is 0.767. The first-order valence-electron chi connectivity index (χ1n) is 5.87. The van der Waals surface area contributed by atoms with Gasteiger partial charge in [0, 0.05) is 13.2 Å². The van der Waals surface area contributed by atoms with E-state index in [1.807, 2.05) is 43.6 Å². The first-order valence-corrected chi connectivity index (χ1v) is 5.87. The fraction of sp³-hybridized carbons (Fsp3) is 0.154. The smallest absolute Gasteiger partial charge is 0.248 e. The second-order valence-corrected chi connectivity index (χ2v) is 4.25. The highest BCUT2D eigenvalue weighted by Crippen LogP contribution is 2.21. The van der Waals surface area contributed by atoms with Crippen LogP contribution in [0.3, 0.4) is 0 Å². The van der Waals surface area contributed by atoms with Crippen molar-refractivity contribution in [3.63, 3.8) is 0 Å². The van der Waals surface area contributed by atoms with E-state index in [0.29, 0.717) is 11.7 Å². The Morgan fingerprint density at radius 3 is 2.74 bits per heavy atom. The summed E-state index contributed by atoms with van der Waals surface area (Å²) in [7, 11) is 1.83. The second kappa shape index (κ2) is 4.66. The van der Waals surface area contributed by atoms with E-state index in [1.54, 1.807) is 10.9 Å². The molecule has 2 heterocycles. The molecule has 3 rings (SSSR count). The van der Waals surface area contributed by atoms with E-state index < -0.39 is 6.04 Å². The molecule has 0 saturated carbocycles. The summed E-state index contributed by atoms with van der Waals surface area (Å²) >= 11 is 0. The van der Waals surface area contributed by atoms with Gasteiger partial charge in [-0.3, -0.25) is 4.68 Å². The van der Waals surface area contributed by atoms with Gasteiger partial charge in [-0.05, 0) is 5.56 Å². The van der Waals surface area contributed by atoms with Crippen molar-refractivity contribution in [1.82, 2.24) is 19.9 Å². The topological polar surface area (TPSA) is 82.8 Å². The summed E-state index contributed by atoms with van der Waals surface area (Å²) in [5.41, 5.74) is 7.83. The Labute approximate surface area is 109 Å². The van der Waals surface area contributed by atoms with Gasteiger partial charge in [0.2, 0.25) is 11.7 Å². The van der Waals surface area contributed by atoms with E-state index in [2.05, 4.69) is 15.2 Å². The van der Waals surface area contributed by atoms with Crippen LogP contribution < -0.4 is 5.73 Å². The van der Waals surface area contributed by atoms with Crippen LogP contribution in [-0.2, 0) is 7.05 Å². The molecular weight excluding hydrogens is 242 g/mol. The van der Waals surface area contributed by atoms with Gasteiger partial charge < -0.3 is 10.3 Å². The zero-order valence-electron chi connectivity index (χ0n) is 10.4. The van der Waals surface area contributed by atoms with Gasteiger partial charge in [0.15, 0.2) is 0 Å². The lowest BCUT2D eigenvalue weighted by molar-refractivity contribution is 0.367. The average Bonchev–Trinajstić information content (AvgIpc) is 3.07. The molecule has 0 spiro atoms. The molecule has 19 heavy (non-hydrogen) atoms. The molecule has 6 heteroatoms. The first kappa shape index (κ1) is 11.6. The maximum atomic E-state index is 6.10. The molecule has 0 fully saturated rings. The minimum absolute atomic E-state index is 0.394. The van der Waals surface area contributed by atoms with E-state index in [-0.39, 0.29) is 0 Å². The van der Waals surface area contributed by atoms with E-state index in [9.17, 15) is 0 Å². The van der Waals surface area contributed by atoms with Crippen molar-refractivity contribution in [2.75, 3.05) is 0 Å². The number of benzene rings is 1. The number of hydrogen-bond acceptors (Lipinski definition) is 5. The fourth-order valence-corrected chi connectivity index (χ4v) is 1.82. The number of nitrogens with zero attached hydrogens (tertiary/aromatic N) is 4. The molecule has 0 bridgehead atoms. The minimum Gasteiger partial charge on any atom is -0.337 e. The van der Waals surface area contributed by atoms with Crippen molar-refractivity contribution in [1.29, 1.82) is 0 Å². The summed E-state index contributed by atoms with van der Waals surface area (Å²) in [4.78, 5) is 4.31. The van der Waals surface area contributed by atoms with Crippen molar-refractivity contribution < 1.29 is 4.52 Å². The van der Waals surface area contributed by atoms with Crippen LogP contribution in [0.2, 0.25) is 0 Å². The van der Waals surface area contributed by atoms with Gasteiger partial charge in [0.1, 0.15) is 6.04 Å². The molecule has 6 nitrogen and oxygen atoms in total. The molecule has 0 amide bonds. The molecule has 2 aromatic heterocycles. The highest BCUT2D eigenvalue weighted by Gasteiger charge is 2.17. The summed E-state index contributed by atoms with van der Waals surface area (Å²) in [5.74, 6) is 0.888. The van der Waals surface area contributed by atoms with E-state index in [4.69, 9.17) is 10.3 Å². The lowest BCUT2D eigenvalue weighted by Gasteiger charge is -2.05. The van der Waals surface area contributed by atoms with Gasteiger partial charge in [-0.25, -0.2) is 0 Å². The van der Waals surface area contributed by atoms with Gasteiger partial charge in [0.05, 0.1) is 11.8 Å². The standard InChI is InChI=1S/C13H13N5O/c1-18-8-10(7-15-18)12-16-13(19-17-12)11(14)9-5-3-2-4-6-9/h2-8,11H,14H2,1H3/t11-/m1/s1. The molecule has 2 N–H and O–H groups in total. The van der Waals surface area contributed by atoms with Crippen molar-refractivity contribution in [3.05, 3.63) is 54.2 Å². The number of rotatable bonds is 3. The molecule has 0 saturated heterocycles. The predicted molar refractivity (Wildman–Crippen MR) is 69.0 cm³/mol. The third kappa shape index (κ3) is 2.25. The van der Waals surface area contributed by atoms with Crippen LogP contribution in [0.5, 0.6) is 0 Å². The van der Waals surface area contributed by atoms with Crippen LogP contribution in [0.25, 0.3) is 11.4 Å². The third-order valence-corrected chi connectivity index (χ3v) is 2.83. The Morgan fingerprint density at radius 1 is 1.26 bits per heavy atom. The van der Waals surface area contributed by atoms with E-state index >= 15 is 0 Å².